The van der Waals surface area contributed by atoms with Crippen LogP contribution in [-0.4, -0.2) is 40.6 Å². The van der Waals surface area contributed by atoms with Gasteiger partial charge < -0.3 is 19.5 Å². The van der Waals surface area contributed by atoms with E-state index in [0.29, 0.717) is 19.8 Å². The Balaban J connectivity index is 2.40. The van der Waals surface area contributed by atoms with Crippen molar-refractivity contribution >= 4 is 0 Å². The molecule has 0 heterocycles. The van der Waals surface area contributed by atoms with Gasteiger partial charge in [0.25, 0.3) is 0 Å². The minimum atomic E-state index is 0.575. The van der Waals surface area contributed by atoms with E-state index in [1.54, 1.807) is 14.2 Å². The molecule has 0 atom stereocenters. The maximum atomic E-state index is 5.64. The van der Waals surface area contributed by atoms with Crippen molar-refractivity contribution in [2.75, 3.05) is 40.6 Å². The molecular weight excluding hydrogens is 218 g/mol. The number of ether oxygens (including phenoxy) is 3. The van der Waals surface area contributed by atoms with Gasteiger partial charge in [-0.1, -0.05) is 18.2 Å². The molecule has 0 aliphatic heterocycles. The topological polar surface area (TPSA) is 39.7 Å². The summed E-state index contributed by atoms with van der Waals surface area (Å²) in [6.07, 6.45) is 0. The lowest BCUT2D eigenvalue weighted by Gasteiger charge is -2.11. The predicted molar refractivity (Wildman–Crippen MR) is 67.4 cm³/mol. The maximum absolute atomic E-state index is 5.64. The van der Waals surface area contributed by atoms with Crippen LogP contribution in [0.2, 0.25) is 0 Å². The van der Waals surface area contributed by atoms with Crippen LogP contribution in [0.5, 0.6) is 5.75 Å². The van der Waals surface area contributed by atoms with Crippen LogP contribution in [0.4, 0.5) is 0 Å². The van der Waals surface area contributed by atoms with Crippen LogP contribution < -0.4 is 10.1 Å². The Labute approximate surface area is 103 Å². The second kappa shape index (κ2) is 8.98. The van der Waals surface area contributed by atoms with Gasteiger partial charge in [0.1, 0.15) is 12.4 Å². The van der Waals surface area contributed by atoms with Crippen molar-refractivity contribution in [3.8, 4) is 5.75 Å². The molecule has 17 heavy (non-hydrogen) atoms. The highest BCUT2D eigenvalue weighted by Crippen LogP contribution is 2.17. The van der Waals surface area contributed by atoms with E-state index in [9.17, 15) is 0 Å². The first-order chi connectivity index (χ1) is 8.38. The third-order valence-corrected chi connectivity index (χ3v) is 2.32. The van der Waals surface area contributed by atoms with Crippen LogP contribution >= 0.6 is 0 Å². The molecule has 4 heteroatoms. The molecule has 0 aliphatic rings. The third kappa shape index (κ3) is 5.68. The predicted octanol–water partition coefficient (Wildman–Crippen LogP) is 1.45. The highest BCUT2D eigenvalue weighted by molar-refractivity contribution is 5.33. The van der Waals surface area contributed by atoms with E-state index in [0.717, 1.165) is 24.4 Å². The molecule has 1 aromatic rings. The molecule has 0 saturated heterocycles. The summed E-state index contributed by atoms with van der Waals surface area (Å²) in [5, 5.41) is 3.30. The molecule has 4 nitrogen and oxygen atoms in total. The van der Waals surface area contributed by atoms with Gasteiger partial charge in [0.2, 0.25) is 0 Å². The molecule has 0 amide bonds. The van der Waals surface area contributed by atoms with Crippen molar-refractivity contribution in [1.82, 2.24) is 5.32 Å². The van der Waals surface area contributed by atoms with Crippen LogP contribution in [0, 0.1) is 0 Å². The zero-order valence-electron chi connectivity index (χ0n) is 10.6. The minimum Gasteiger partial charge on any atom is -0.491 e. The van der Waals surface area contributed by atoms with Crippen molar-refractivity contribution < 1.29 is 14.2 Å². The Hall–Kier alpha value is -1.10. The summed E-state index contributed by atoms with van der Waals surface area (Å²) >= 11 is 0. The summed E-state index contributed by atoms with van der Waals surface area (Å²) in [5.74, 6) is 0.912. The highest BCUT2D eigenvalue weighted by Gasteiger charge is 2.01. The van der Waals surface area contributed by atoms with Gasteiger partial charge in [-0.3, -0.25) is 0 Å². The Morgan fingerprint density at radius 2 is 1.76 bits per heavy atom. The first-order valence-electron chi connectivity index (χ1n) is 5.77. The number of rotatable bonds is 9. The quantitative estimate of drug-likeness (QED) is 0.662. The summed E-state index contributed by atoms with van der Waals surface area (Å²) in [6.45, 7) is 3.51. The number of nitrogens with one attached hydrogen (secondary N) is 1. The molecular formula is C13H21NO3. The first-order valence-corrected chi connectivity index (χ1v) is 5.77. The second-order valence-corrected chi connectivity index (χ2v) is 3.62. The average molecular weight is 239 g/mol. The Kier molecular flexibility index (Phi) is 7.38. The lowest BCUT2D eigenvalue weighted by molar-refractivity contribution is 0.145. The smallest absolute Gasteiger partial charge is 0.123 e. The number of benzene rings is 1. The van der Waals surface area contributed by atoms with E-state index < -0.39 is 0 Å². The van der Waals surface area contributed by atoms with Crippen molar-refractivity contribution in [3.63, 3.8) is 0 Å². The van der Waals surface area contributed by atoms with Crippen LogP contribution in [-0.2, 0) is 16.0 Å². The summed E-state index contributed by atoms with van der Waals surface area (Å²) in [4.78, 5) is 0. The van der Waals surface area contributed by atoms with Gasteiger partial charge in [0.05, 0.1) is 13.2 Å². The Bertz CT molecular complexity index is 304. The molecule has 1 N–H and O–H groups in total. The van der Waals surface area contributed by atoms with Gasteiger partial charge in [-0.15, -0.1) is 0 Å². The van der Waals surface area contributed by atoms with Crippen LogP contribution in [0.3, 0.4) is 0 Å². The molecule has 0 radical (unpaired) electrons. The maximum Gasteiger partial charge on any atom is 0.123 e. The summed E-state index contributed by atoms with van der Waals surface area (Å²) < 4.78 is 15.6. The fourth-order valence-corrected chi connectivity index (χ4v) is 1.42. The summed E-state index contributed by atoms with van der Waals surface area (Å²) in [7, 11) is 3.37. The molecule has 96 valence electrons. The molecule has 1 rings (SSSR count). The molecule has 0 bridgehead atoms. The van der Waals surface area contributed by atoms with Crippen molar-refractivity contribution in [2.24, 2.45) is 0 Å². The van der Waals surface area contributed by atoms with E-state index in [1.165, 1.54) is 0 Å². The van der Waals surface area contributed by atoms with Crippen molar-refractivity contribution in [2.45, 2.75) is 6.54 Å². The van der Waals surface area contributed by atoms with Crippen LogP contribution in [0.1, 0.15) is 5.56 Å². The zero-order valence-corrected chi connectivity index (χ0v) is 10.6. The molecule has 0 unspecified atom stereocenters. The molecule has 0 aromatic heterocycles. The van der Waals surface area contributed by atoms with Gasteiger partial charge in [-0.05, 0) is 6.07 Å². The molecule has 0 aliphatic carbocycles. The van der Waals surface area contributed by atoms with Crippen LogP contribution in [0.25, 0.3) is 0 Å². The van der Waals surface area contributed by atoms with E-state index in [4.69, 9.17) is 14.2 Å². The largest absolute Gasteiger partial charge is 0.491 e. The van der Waals surface area contributed by atoms with E-state index >= 15 is 0 Å². The standard InChI is InChI=1S/C13H21NO3/c1-15-8-7-14-11-12-5-3-4-6-13(12)17-10-9-16-2/h3-6,14H,7-11H2,1-2H3. The van der Waals surface area contributed by atoms with E-state index in [-0.39, 0.29) is 0 Å². The number of methoxy groups -OCH3 is 2. The average Bonchev–Trinajstić information content (AvgIpc) is 2.36. The van der Waals surface area contributed by atoms with Gasteiger partial charge in [0.15, 0.2) is 0 Å². The fraction of sp³-hybridized carbons (Fsp3) is 0.538. The summed E-state index contributed by atoms with van der Waals surface area (Å²) in [5.41, 5.74) is 1.15. The molecule has 0 saturated carbocycles. The monoisotopic (exact) mass is 239 g/mol. The normalized spacial score (nSPS) is 10.5. The van der Waals surface area contributed by atoms with Crippen molar-refractivity contribution in [1.29, 1.82) is 0 Å². The van der Waals surface area contributed by atoms with E-state index in [2.05, 4.69) is 11.4 Å². The number of para-hydroxylation sites is 1. The van der Waals surface area contributed by atoms with Gasteiger partial charge in [0, 0.05) is 32.9 Å². The molecule has 0 fully saturated rings. The Morgan fingerprint density at radius 3 is 2.53 bits per heavy atom. The van der Waals surface area contributed by atoms with E-state index in [1.807, 2.05) is 18.2 Å². The molecule has 0 spiro atoms. The lowest BCUT2D eigenvalue weighted by atomic mass is 10.2. The number of hydrogen-bond donors (Lipinski definition) is 1. The minimum absolute atomic E-state index is 0.575. The van der Waals surface area contributed by atoms with Crippen molar-refractivity contribution in [3.05, 3.63) is 29.8 Å². The highest BCUT2D eigenvalue weighted by atomic mass is 16.5. The summed E-state index contributed by atoms with van der Waals surface area (Å²) in [6, 6.07) is 8.02. The fourth-order valence-electron chi connectivity index (χ4n) is 1.42. The second-order valence-electron chi connectivity index (χ2n) is 3.62. The van der Waals surface area contributed by atoms with Gasteiger partial charge in [-0.25, -0.2) is 0 Å². The van der Waals surface area contributed by atoms with Gasteiger partial charge in [-0.2, -0.15) is 0 Å². The zero-order chi connectivity index (χ0) is 12.3. The Morgan fingerprint density at radius 1 is 1.00 bits per heavy atom. The SMILES string of the molecule is COCCNCc1ccccc1OCCOC. The number of hydrogen-bond acceptors (Lipinski definition) is 4. The third-order valence-electron chi connectivity index (χ3n) is 2.32. The van der Waals surface area contributed by atoms with Crippen LogP contribution in [0.15, 0.2) is 24.3 Å². The molecule has 1 aromatic carbocycles. The first kappa shape index (κ1) is 14.0. The van der Waals surface area contributed by atoms with Gasteiger partial charge >= 0.3 is 0 Å². The lowest BCUT2D eigenvalue weighted by Crippen LogP contribution is -2.19.